The molecule has 0 fully saturated rings. The molecule has 142 valence electrons. The van der Waals surface area contributed by atoms with Crippen LogP contribution in [0.25, 0.3) is 0 Å². The van der Waals surface area contributed by atoms with Gasteiger partial charge >= 0.3 is 0 Å². The number of thioether (sulfide) groups is 1. The van der Waals surface area contributed by atoms with Crippen molar-refractivity contribution in [3.05, 3.63) is 71.0 Å². The molecule has 0 amide bonds. The van der Waals surface area contributed by atoms with Crippen molar-refractivity contribution in [2.45, 2.75) is 10.9 Å². The van der Waals surface area contributed by atoms with E-state index >= 15 is 0 Å². The van der Waals surface area contributed by atoms with E-state index in [-0.39, 0.29) is 28.9 Å². The highest BCUT2D eigenvalue weighted by molar-refractivity contribution is 8.14. The third-order valence-corrected chi connectivity index (χ3v) is 7.04. The first kappa shape index (κ1) is 20.0. The van der Waals surface area contributed by atoms with Crippen molar-refractivity contribution in [1.82, 2.24) is 9.29 Å². The largest absolute Gasteiger partial charge is 0.396 e. The summed E-state index contributed by atoms with van der Waals surface area (Å²) in [7, 11) is -3.86. The van der Waals surface area contributed by atoms with Crippen molar-refractivity contribution in [3.8, 4) is 0 Å². The molecule has 2 heterocycles. The topological polar surface area (TPSA) is 87.6 Å². The zero-order valence-electron chi connectivity index (χ0n) is 14.2. The fraction of sp³-hybridized carbons (Fsp3) is 0.222. The number of carbonyl (C=O) groups is 1. The second-order valence-electron chi connectivity index (χ2n) is 5.74. The number of sulfonamides is 1. The zero-order chi connectivity index (χ0) is 19.4. The molecule has 1 aromatic heterocycles. The van der Waals surface area contributed by atoms with Crippen molar-refractivity contribution in [2.24, 2.45) is 0 Å². The molecule has 1 aliphatic heterocycles. The van der Waals surface area contributed by atoms with E-state index in [0.717, 1.165) is 11.8 Å². The molecule has 1 atom stereocenters. The highest BCUT2D eigenvalue weighted by Gasteiger charge is 2.40. The number of hydrogen-bond donors (Lipinski definition) is 1. The van der Waals surface area contributed by atoms with Crippen LogP contribution in [0.5, 0.6) is 0 Å². The molecule has 0 aliphatic carbocycles. The maximum atomic E-state index is 13.2. The molecule has 1 N–H and O–H groups in total. The quantitative estimate of drug-likeness (QED) is 0.767. The number of halogens is 1. The molecule has 1 aromatic carbocycles. The van der Waals surface area contributed by atoms with Gasteiger partial charge in [0.1, 0.15) is 0 Å². The molecule has 0 spiro atoms. The smallest absolute Gasteiger partial charge is 0.244 e. The molecule has 0 radical (unpaired) electrons. The Balaban J connectivity index is 2.00. The Hall–Kier alpha value is -1.71. The number of aliphatic hydroxyl groups excluding tert-OH is 1. The average Bonchev–Trinajstić information content (AvgIpc) is 3.13. The number of rotatable bonds is 6. The number of aliphatic hydroxyl groups is 1. The SMILES string of the molecule is O=C(SCCO)C1=CCN(S(=O)(=O)c2ccc(Cl)cc2)C1c1cccnc1. The molecule has 3 rings (SSSR count). The summed E-state index contributed by atoms with van der Waals surface area (Å²) >= 11 is 6.83. The van der Waals surface area contributed by atoms with Crippen molar-refractivity contribution in [3.63, 3.8) is 0 Å². The lowest BCUT2D eigenvalue weighted by atomic mass is 10.0. The molecule has 0 saturated carbocycles. The van der Waals surface area contributed by atoms with Gasteiger partial charge in [0.05, 0.1) is 17.5 Å². The van der Waals surface area contributed by atoms with Crippen molar-refractivity contribution in [2.75, 3.05) is 18.9 Å². The third-order valence-electron chi connectivity index (χ3n) is 4.05. The molecular formula is C18H17ClN2O4S2. The lowest BCUT2D eigenvalue weighted by Gasteiger charge is -2.26. The van der Waals surface area contributed by atoms with Gasteiger partial charge in [-0.25, -0.2) is 8.42 Å². The monoisotopic (exact) mass is 424 g/mol. The van der Waals surface area contributed by atoms with Crippen LogP contribution in [0.15, 0.2) is 65.3 Å². The van der Waals surface area contributed by atoms with Gasteiger partial charge < -0.3 is 5.11 Å². The second kappa shape index (κ2) is 8.53. The molecule has 1 unspecified atom stereocenters. The summed E-state index contributed by atoms with van der Waals surface area (Å²) in [5, 5.41) is 9.15. The number of carbonyl (C=O) groups excluding carboxylic acids is 1. The molecule has 1 aliphatic rings. The van der Waals surface area contributed by atoms with Crippen LogP contribution in [0.1, 0.15) is 11.6 Å². The standard InChI is InChI=1S/C18H17ClN2O4S2/c19-14-3-5-15(6-4-14)27(24,25)21-9-7-16(18(23)26-11-10-22)17(21)13-2-1-8-20-12-13/h1-8,12,17,22H,9-11H2. The minimum atomic E-state index is -3.86. The van der Waals surface area contributed by atoms with E-state index in [2.05, 4.69) is 4.98 Å². The Morgan fingerprint density at radius 2 is 2.04 bits per heavy atom. The molecule has 9 heteroatoms. The van der Waals surface area contributed by atoms with Gasteiger partial charge in [0.15, 0.2) is 0 Å². The minimum Gasteiger partial charge on any atom is -0.396 e. The van der Waals surface area contributed by atoms with Gasteiger partial charge in [-0.15, -0.1) is 0 Å². The third kappa shape index (κ3) is 4.25. The summed E-state index contributed by atoms with van der Waals surface area (Å²) in [6.07, 6.45) is 4.76. The second-order valence-corrected chi connectivity index (χ2v) is 9.13. The molecule has 6 nitrogen and oxygen atoms in total. The van der Waals surface area contributed by atoms with Gasteiger partial charge in [0, 0.05) is 35.3 Å². The summed E-state index contributed by atoms with van der Waals surface area (Å²) in [6, 6.07) is 8.59. The van der Waals surface area contributed by atoms with E-state index in [1.54, 1.807) is 30.6 Å². The predicted octanol–water partition coefficient (Wildman–Crippen LogP) is 2.66. The number of pyridine rings is 1. The van der Waals surface area contributed by atoms with Crippen molar-refractivity contribution >= 4 is 38.5 Å². The average molecular weight is 425 g/mol. The summed E-state index contributed by atoms with van der Waals surface area (Å²) in [6.45, 7) is -0.0562. The van der Waals surface area contributed by atoms with Crippen LogP contribution in [-0.4, -0.2) is 46.8 Å². The van der Waals surface area contributed by atoms with Crippen LogP contribution in [0.2, 0.25) is 5.02 Å². The predicted molar refractivity (Wildman–Crippen MR) is 105 cm³/mol. The van der Waals surface area contributed by atoms with Crippen LogP contribution in [0.3, 0.4) is 0 Å². The summed E-state index contributed by atoms with van der Waals surface area (Å²) < 4.78 is 27.6. The number of aromatic nitrogens is 1. The molecule has 2 aromatic rings. The van der Waals surface area contributed by atoms with Crippen LogP contribution >= 0.6 is 23.4 Å². The first-order valence-electron chi connectivity index (χ1n) is 8.10. The van der Waals surface area contributed by atoms with Crippen LogP contribution < -0.4 is 0 Å². The van der Waals surface area contributed by atoms with Crippen LogP contribution in [0, 0.1) is 0 Å². The van der Waals surface area contributed by atoms with E-state index in [1.165, 1.54) is 28.6 Å². The Bertz CT molecular complexity index is 947. The van der Waals surface area contributed by atoms with E-state index in [9.17, 15) is 13.2 Å². The Morgan fingerprint density at radius 1 is 1.30 bits per heavy atom. The van der Waals surface area contributed by atoms with Gasteiger partial charge in [-0.2, -0.15) is 4.31 Å². The highest BCUT2D eigenvalue weighted by atomic mass is 35.5. The van der Waals surface area contributed by atoms with Crippen LogP contribution in [-0.2, 0) is 14.8 Å². The Kier molecular flexibility index (Phi) is 6.33. The highest BCUT2D eigenvalue weighted by Crippen LogP contribution is 2.39. The van der Waals surface area contributed by atoms with Gasteiger partial charge in [0.25, 0.3) is 0 Å². The number of hydrogen-bond acceptors (Lipinski definition) is 6. The van der Waals surface area contributed by atoms with E-state index in [4.69, 9.17) is 16.7 Å². The molecule has 0 bridgehead atoms. The fourth-order valence-electron chi connectivity index (χ4n) is 2.84. The maximum Gasteiger partial charge on any atom is 0.244 e. The first-order valence-corrected chi connectivity index (χ1v) is 10.9. The van der Waals surface area contributed by atoms with Gasteiger partial charge in [-0.1, -0.05) is 35.5 Å². The number of nitrogens with zero attached hydrogens (tertiary/aromatic N) is 2. The zero-order valence-corrected chi connectivity index (χ0v) is 16.5. The lowest BCUT2D eigenvalue weighted by Crippen LogP contribution is -2.33. The van der Waals surface area contributed by atoms with E-state index < -0.39 is 16.1 Å². The van der Waals surface area contributed by atoms with Crippen LogP contribution in [0.4, 0.5) is 0 Å². The van der Waals surface area contributed by atoms with E-state index in [0.29, 0.717) is 16.2 Å². The number of benzene rings is 1. The van der Waals surface area contributed by atoms with Gasteiger partial charge in [0.2, 0.25) is 15.1 Å². The summed E-state index contributed by atoms with van der Waals surface area (Å²) in [4.78, 5) is 16.7. The maximum absolute atomic E-state index is 13.2. The normalized spacial score (nSPS) is 17.7. The summed E-state index contributed by atoms with van der Waals surface area (Å²) in [5.41, 5.74) is 0.982. The van der Waals surface area contributed by atoms with Crippen molar-refractivity contribution < 1.29 is 18.3 Å². The van der Waals surface area contributed by atoms with Gasteiger partial charge in [-0.3, -0.25) is 9.78 Å². The summed E-state index contributed by atoms with van der Waals surface area (Å²) in [5.74, 6) is 0.250. The Morgan fingerprint density at radius 3 is 2.67 bits per heavy atom. The van der Waals surface area contributed by atoms with Gasteiger partial charge in [-0.05, 0) is 35.9 Å². The van der Waals surface area contributed by atoms with E-state index in [1.807, 2.05) is 0 Å². The Labute approximate surface area is 166 Å². The minimum absolute atomic E-state index is 0.0747. The van der Waals surface area contributed by atoms with Crippen molar-refractivity contribution in [1.29, 1.82) is 0 Å². The fourth-order valence-corrected chi connectivity index (χ4v) is 5.14. The molecule has 27 heavy (non-hydrogen) atoms. The molecular weight excluding hydrogens is 408 g/mol. The lowest BCUT2D eigenvalue weighted by molar-refractivity contribution is -0.108. The first-order chi connectivity index (χ1) is 12.9. The molecule has 0 saturated heterocycles.